The zero-order valence-electron chi connectivity index (χ0n) is 8.34. The maximum atomic E-state index is 5.67. The molecular formula is C8H10ClN7. The van der Waals surface area contributed by atoms with Crippen molar-refractivity contribution in [1.29, 1.82) is 0 Å². The third kappa shape index (κ3) is 2.57. The van der Waals surface area contributed by atoms with Crippen molar-refractivity contribution < 1.29 is 0 Å². The third-order valence-electron chi connectivity index (χ3n) is 1.89. The lowest BCUT2D eigenvalue weighted by Gasteiger charge is -2.07. The van der Waals surface area contributed by atoms with E-state index < -0.39 is 0 Å². The predicted molar refractivity (Wildman–Crippen MR) is 60.0 cm³/mol. The summed E-state index contributed by atoms with van der Waals surface area (Å²) >= 11 is 5.65. The Kier molecular flexibility index (Phi) is 3.16. The number of nitrogens with two attached hydrogens (primary N) is 1. The molecule has 0 fully saturated rings. The highest BCUT2D eigenvalue weighted by atomic mass is 35.5. The van der Waals surface area contributed by atoms with Crippen LogP contribution in [0, 0.1) is 0 Å². The summed E-state index contributed by atoms with van der Waals surface area (Å²) < 4.78 is 1.70. The first-order valence-electron chi connectivity index (χ1n) is 4.61. The Hall–Kier alpha value is -1.89. The van der Waals surface area contributed by atoms with Crippen LogP contribution in [0.1, 0.15) is 0 Å². The molecule has 0 unspecified atom stereocenters. The minimum atomic E-state index is 0.164. The molecule has 0 radical (unpaired) electrons. The van der Waals surface area contributed by atoms with Gasteiger partial charge in [-0.25, -0.2) is 4.98 Å². The van der Waals surface area contributed by atoms with Gasteiger partial charge in [-0.3, -0.25) is 4.68 Å². The van der Waals surface area contributed by atoms with Gasteiger partial charge in [-0.15, -0.1) is 5.10 Å². The average molecular weight is 240 g/mol. The normalized spacial score (nSPS) is 10.3. The Labute approximate surface area is 96.6 Å². The summed E-state index contributed by atoms with van der Waals surface area (Å²) in [5.41, 5.74) is 6.13. The van der Waals surface area contributed by atoms with Crippen LogP contribution in [0.2, 0.25) is 5.28 Å². The van der Waals surface area contributed by atoms with Crippen LogP contribution in [0.25, 0.3) is 0 Å². The second-order valence-electron chi connectivity index (χ2n) is 3.04. The standard InChI is InChI=1S/C8H10ClN7/c9-8-12-5-6(10)7(14-8)11-1-3-16-4-2-13-15-16/h2,4-5H,1,3,10H2,(H,11,12,14). The molecule has 84 valence electrons. The fourth-order valence-electron chi connectivity index (χ4n) is 1.15. The van der Waals surface area contributed by atoms with E-state index in [1.807, 2.05) is 0 Å². The molecule has 0 aromatic carbocycles. The SMILES string of the molecule is Nc1cnc(Cl)nc1NCCn1ccnn1. The van der Waals surface area contributed by atoms with Gasteiger partial charge in [0, 0.05) is 12.7 Å². The summed E-state index contributed by atoms with van der Waals surface area (Å²) in [6, 6.07) is 0. The van der Waals surface area contributed by atoms with Gasteiger partial charge in [0.25, 0.3) is 0 Å². The molecule has 8 heteroatoms. The molecular weight excluding hydrogens is 230 g/mol. The second-order valence-corrected chi connectivity index (χ2v) is 3.37. The number of nitrogen functional groups attached to an aromatic ring is 1. The lowest BCUT2D eigenvalue weighted by molar-refractivity contribution is 0.608. The van der Waals surface area contributed by atoms with E-state index in [2.05, 4.69) is 25.6 Å². The van der Waals surface area contributed by atoms with E-state index in [4.69, 9.17) is 17.3 Å². The number of nitrogens with one attached hydrogen (secondary N) is 1. The van der Waals surface area contributed by atoms with Crippen LogP contribution in [0.15, 0.2) is 18.6 Å². The van der Waals surface area contributed by atoms with Crippen LogP contribution in [-0.2, 0) is 6.54 Å². The molecule has 0 saturated heterocycles. The Bertz CT molecular complexity index is 455. The number of nitrogens with zero attached hydrogens (tertiary/aromatic N) is 5. The van der Waals surface area contributed by atoms with Crippen LogP contribution < -0.4 is 11.1 Å². The second kappa shape index (κ2) is 4.75. The van der Waals surface area contributed by atoms with E-state index in [-0.39, 0.29) is 5.28 Å². The van der Waals surface area contributed by atoms with Gasteiger partial charge in [0.05, 0.1) is 24.6 Å². The van der Waals surface area contributed by atoms with E-state index in [1.54, 1.807) is 17.1 Å². The summed E-state index contributed by atoms with van der Waals surface area (Å²) in [6.07, 6.45) is 4.86. The summed E-state index contributed by atoms with van der Waals surface area (Å²) in [6.45, 7) is 1.29. The van der Waals surface area contributed by atoms with Crippen LogP contribution in [-0.4, -0.2) is 31.5 Å². The molecule has 0 atom stereocenters. The first-order valence-corrected chi connectivity index (χ1v) is 4.99. The smallest absolute Gasteiger partial charge is 0.224 e. The van der Waals surface area contributed by atoms with E-state index in [1.165, 1.54) is 6.20 Å². The minimum Gasteiger partial charge on any atom is -0.394 e. The zero-order chi connectivity index (χ0) is 11.4. The molecule has 2 aromatic rings. The monoisotopic (exact) mass is 239 g/mol. The highest BCUT2D eigenvalue weighted by Gasteiger charge is 2.02. The van der Waals surface area contributed by atoms with Crippen molar-refractivity contribution in [2.75, 3.05) is 17.6 Å². The van der Waals surface area contributed by atoms with Crippen molar-refractivity contribution in [2.45, 2.75) is 6.54 Å². The number of aromatic nitrogens is 5. The molecule has 0 aliphatic carbocycles. The lowest BCUT2D eigenvalue weighted by Crippen LogP contribution is -2.13. The number of hydrogen-bond donors (Lipinski definition) is 2. The molecule has 0 bridgehead atoms. The van der Waals surface area contributed by atoms with Crippen molar-refractivity contribution in [1.82, 2.24) is 25.0 Å². The lowest BCUT2D eigenvalue weighted by atomic mass is 10.4. The van der Waals surface area contributed by atoms with Crippen LogP contribution in [0.3, 0.4) is 0 Å². The zero-order valence-corrected chi connectivity index (χ0v) is 9.09. The average Bonchev–Trinajstić information content (AvgIpc) is 2.76. The Balaban J connectivity index is 1.92. The van der Waals surface area contributed by atoms with Crippen LogP contribution >= 0.6 is 11.6 Å². The van der Waals surface area contributed by atoms with E-state index in [9.17, 15) is 0 Å². The Morgan fingerprint density at radius 3 is 3.12 bits per heavy atom. The van der Waals surface area contributed by atoms with Crippen LogP contribution in [0.4, 0.5) is 11.5 Å². The van der Waals surface area contributed by atoms with Crippen molar-refractivity contribution in [2.24, 2.45) is 0 Å². The molecule has 2 heterocycles. The van der Waals surface area contributed by atoms with Gasteiger partial charge < -0.3 is 11.1 Å². The fraction of sp³-hybridized carbons (Fsp3) is 0.250. The van der Waals surface area contributed by atoms with Crippen LogP contribution in [0.5, 0.6) is 0 Å². The van der Waals surface area contributed by atoms with E-state index >= 15 is 0 Å². The van der Waals surface area contributed by atoms with Crippen molar-refractivity contribution in [3.8, 4) is 0 Å². The summed E-state index contributed by atoms with van der Waals surface area (Å²) in [5.74, 6) is 0.528. The number of halogens is 1. The quantitative estimate of drug-likeness (QED) is 0.751. The molecule has 3 N–H and O–H groups in total. The number of rotatable bonds is 4. The fourth-order valence-corrected chi connectivity index (χ4v) is 1.29. The highest BCUT2D eigenvalue weighted by molar-refractivity contribution is 6.28. The maximum Gasteiger partial charge on any atom is 0.224 e. The van der Waals surface area contributed by atoms with Crippen molar-refractivity contribution >= 4 is 23.1 Å². The molecule has 7 nitrogen and oxygen atoms in total. The molecule has 0 amide bonds. The van der Waals surface area contributed by atoms with Crippen molar-refractivity contribution in [3.05, 3.63) is 23.9 Å². The molecule has 2 rings (SSSR count). The van der Waals surface area contributed by atoms with Gasteiger partial charge in [0.1, 0.15) is 0 Å². The molecule has 16 heavy (non-hydrogen) atoms. The minimum absolute atomic E-state index is 0.164. The number of hydrogen-bond acceptors (Lipinski definition) is 6. The molecule has 0 aliphatic heterocycles. The number of anilines is 2. The first-order chi connectivity index (χ1) is 7.75. The highest BCUT2D eigenvalue weighted by Crippen LogP contribution is 2.15. The maximum absolute atomic E-state index is 5.67. The third-order valence-corrected chi connectivity index (χ3v) is 2.08. The Morgan fingerprint density at radius 1 is 1.50 bits per heavy atom. The summed E-state index contributed by atoms with van der Waals surface area (Å²) in [7, 11) is 0. The topological polar surface area (TPSA) is 94.5 Å². The largest absolute Gasteiger partial charge is 0.394 e. The molecule has 0 aliphatic rings. The Morgan fingerprint density at radius 2 is 2.38 bits per heavy atom. The van der Waals surface area contributed by atoms with Gasteiger partial charge >= 0.3 is 0 Å². The van der Waals surface area contributed by atoms with E-state index in [0.29, 0.717) is 24.6 Å². The molecule has 0 saturated carbocycles. The van der Waals surface area contributed by atoms with Gasteiger partial charge in [0.15, 0.2) is 5.82 Å². The molecule has 0 spiro atoms. The first kappa shape index (κ1) is 10.6. The van der Waals surface area contributed by atoms with Gasteiger partial charge in [-0.1, -0.05) is 5.21 Å². The van der Waals surface area contributed by atoms with Gasteiger partial charge in [0.2, 0.25) is 5.28 Å². The summed E-state index contributed by atoms with van der Waals surface area (Å²) in [5, 5.41) is 10.7. The summed E-state index contributed by atoms with van der Waals surface area (Å²) in [4.78, 5) is 7.72. The van der Waals surface area contributed by atoms with E-state index in [0.717, 1.165) is 0 Å². The predicted octanol–water partition coefficient (Wildman–Crippen LogP) is 0.416. The van der Waals surface area contributed by atoms with Gasteiger partial charge in [-0.05, 0) is 11.6 Å². The van der Waals surface area contributed by atoms with Gasteiger partial charge in [-0.2, -0.15) is 4.98 Å². The van der Waals surface area contributed by atoms with Crippen molar-refractivity contribution in [3.63, 3.8) is 0 Å². The molecule has 2 aromatic heterocycles.